The van der Waals surface area contributed by atoms with Gasteiger partial charge in [0.05, 0.1) is 19.6 Å². The van der Waals surface area contributed by atoms with E-state index in [9.17, 15) is 14.4 Å². The van der Waals surface area contributed by atoms with Gasteiger partial charge < -0.3 is 24.4 Å². The first kappa shape index (κ1) is 21.2. The molecule has 1 fully saturated rings. The minimum Gasteiger partial charge on any atom is -0.497 e. The largest absolute Gasteiger partial charge is 0.497 e. The van der Waals surface area contributed by atoms with Gasteiger partial charge in [0, 0.05) is 30.4 Å². The Morgan fingerprint density at radius 3 is 2.60 bits per heavy atom. The summed E-state index contributed by atoms with van der Waals surface area (Å²) in [7, 11) is 1.55. The van der Waals surface area contributed by atoms with Crippen LogP contribution in [0.2, 0.25) is 0 Å². The van der Waals surface area contributed by atoms with Crippen molar-refractivity contribution in [1.82, 2.24) is 0 Å². The molecular formula is C22H24N2O6. The molecule has 0 aromatic heterocycles. The van der Waals surface area contributed by atoms with Gasteiger partial charge in [0.2, 0.25) is 5.91 Å². The van der Waals surface area contributed by atoms with Gasteiger partial charge in [0.15, 0.2) is 6.61 Å². The third kappa shape index (κ3) is 5.28. The van der Waals surface area contributed by atoms with Crippen LogP contribution in [0.3, 0.4) is 0 Å². The number of hydrogen-bond acceptors (Lipinski definition) is 6. The molecule has 0 bridgehead atoms. The number of benzene rings is 2. The van der Waals surface area contributed by atoms with Gasteiger partial charge in [0.25, 0.3) is 5.91 Å². The molecule has 8 nitrogen and oxygen atoms in total. The fourth-order valence-corrected chi connectivity index (χ4v) is 3.15. The summed E-state index contributed by atoms with van der Waals surface area (Å²) in [5.41, 5.74) is 1.22. The number of amides is 2. The highest BCUT2D eigenvalue weighted by atomic mass is 16.5. The number of methoxy groups -OCH3 is 1. The molecule has 3 rings (SSSR count). The molecule has 2 aromatic carbocycles. The van der Waals surface area contributed by atoms with Crippen LogP contribution in [0.15, 0.2) is 48.5 Å². The van der Waals surface area contributed by atoms with E-state index < -0.39 is 24.4 Å². The van der Waals surface area contributed by atoms with Crippen LogP contribution in [-0.2, 0) is 19.1 Å². The zero-order chi connectivity index (χ0) is 21.5. The van der Waals surface area contributed by atoms with Crippen molar-refractivity contribution in [3.63, 3.8) is 0 Å². The van der Waals surface area contributed by atoms with Crippen LogP contribution in [0.25, 0.3) is 0 Å². The number of anilines is 2. The Morgan fingerprint density at radius 1 is 1.13 bits per heavy atom. The average Bonchev–Trinajstić information content (AvgIpc) is 3.15. The number of ether oxygens (including phenoxy) is 3. The maximum Gasteiger partial charge on any atom is 0.311 e. The number of nitrogens with zero attached hydrogens (tertiary/aromatic N) is 1. The smallest absolute Gasteiger partial charge is 0.311 e. The van der Waals surface area contributed by atoms with E-state index in [2.05, 4.69) is 5.32 Å². The maximum absolute atomic E-state index is 12.3. The Labute approximate surface area is 174 Å². The highest BCUT2D eigenvalue weighted by molar-refractivity contribution is 6.00. The molecule has 0 radical (unpaired) electrons. The Bertz CT molecular complexity index is 912. The SMILES string of the molecule is CCOc1ccc(NC(=O)COC(=O)[C@H]2CC(=O)N(c3cccc(OC)c3)C2)cc1. The van der Waals surface area contributed by atoms with Gasteiger partial charge in [-0.15, -0.1) is 0 Å². The van der Waals surface area contributed by atoms with Gasteiger partial charge in [-0.1, -0.05) is 6.07 Å². The maximum atomic E-state index is 12.3. The Kier molecular flexibility index (Phi) is 6.90. The van der Waals surface area contributed by atoms with Crippen molar-refractivity contribution in [3.8, 4) is 11.5 Å². The molecule has 0 saturated carbocycles. The van der Waals surface area contributed by atoms with Gasteiger partial charge in [-0.05, 0) is 43.3 Å². The van der Waals surface area contributed by atoms with Crippen LogP contribution in [0.1, 0.15) is 13.3 Å². The third-order valence-electron chi connectivity index (χ3n) is 4.62. The van der Waals surface area contributed by atoms with Crippen molar-refractivity contribution in [2.24, 2.45) is 5.92 Å². The second kappa shape index (κ2) is 9.78. The molecular weight excluding hydrogens is 388 g/mol. The van der Waals surface area contributed by atoms with Gasteiger partial charge >= 0.3 is 5.97 Å². The van der Waals surface area contributed by atoms with Crippen molar-refractivity contribution >= 4 is 29.2 Å². The number of carbonyl (C=O) groups is 3. The molecule has 0 aliphatic carbocycles. The topological polar surface area (TPSA) is 94.2 Å². The summed E-state index contributed by atoms with van der Waals surface area (Å²) >= 11 is 0. The zero-order valence-corrected chi connectivity index (χ0v) is 16.9. The molecule has 1 N–H and O–H groups in total. The van der Waals surface area contributed by atoms with E-state index in [-0.39, 0.29) is 18.9 Å². The molecule has 2 aromatic rings. The number of nitrogens with one attached hydrogen (secondary N) is 1. The average molecular weight is 412 g/mol. The summed E-state index contributed by atoms with van der Waals surface area (Å²) in [6.07, 6.45) is 0.0382. The van der Waals surface area contributed by atoms with Crippen LogP contribution < -0.4 is 19.7 Å². The third-order valence-corrected chi connectivity index (χ3v) is 4.62. The summed E-state index contributed by atoms with van der Waals surface area (Å²) < 4.78 is 15.6. The standard InChI is InChI=1S/C22H24N2O6/c1-3-29-18-9-7-16(8-10-18)23-20(25)14-30-22(27)15-11-21(26)24(13-15)17-5-4-6-19(12-17)28-2/h4-10,12,15H,3,11,13-14H2,1-2H3,(H,23,25)/t15-/m0/s1. The van der Waals surface area contributed by atoms with E-state index in [4.69, 9.17) is 14.2 Å². The number of hydrogen-bond donors (Lipinski definition) is 1. The van der Waals surface area contributed by atoms with Gasteiger partial charge in [-0.3, -0.25) is 14.4 Å². The molecule has 0 spiro atoms. The van der Waals surface area contributed by atoms with Crippen molar-refractivity contribution in [2.45, 2.75) is 13.3 Å². The van der Waals surface area contributed by atoms with Crippen LogP contribution in [0.4, 0.5) is 11.4 Å². The van der Waals surface area contributed by atoms with Crippen molar-refractivity contribution in [2.75, 3.05) is 37.1 Å². The first-order chi connectivity index (χ1) is 14.5. The molecule has 1 heterocycles. The predicted octanol–water partition coefficient (Wildman–Crippen LogP) is 2.63. The lowest BCUT2D eigenvalue weighted by Crippen LogP contribution is -2.28. The van der Waals surface area contributed by atoms with Crippen LogP contribution in [0, 0.1) is 5.92 Å². The van der Waals surface area contributed by atoms with Crippen molar-refractivity contribution in [1.29, 1.82) is 0 Å². The van der Waals surface area contributed by atoms with Crippen molar-refractivity contribution in [3.05, 3.63) is 48.5 Å². The molecule has 1 atom stereocenters. The Morgan fingerprint density at radius 2 is 1.90 bits per heavy atom. The summed E-state index contributed by atoms with van der Waals surface area (Å²) in [6.45, 7) is 2.22. The lowest BCUT2D eigenvalue weighted by Gasteiger charge is -2.17. The summed E-state index contributed by atoms with van der Waals surface area (Å²) in [5.74, 6) is -0.506. The zero-order valence-electron chi connectivity index (χ0n) is 16.9. The summed E-state index contributed by atoms with van der Waals surface area (Å²) in [4.78, 5) is 38.2. The van der Waals surface area contributed by atoms with Gasteiger partial charge in [-0.2, -0.15) is 0 Å². The Balaban J connectivity index is 1.50. The second-order valence-corrected chi connectivity index (χ2v) is 6.72. The minimum absolute atomic E-state index is 0.0382. The summed E-state index contributed by atoms with van der Waals surface area (Å²) in [6, 6.07) is 13.9. The van der Waals surface area contributed by atoms with E-state index in [0.29, 0.717) is 29.5 Å². The fraction of sp³-hybridized carbons (Fsp3) is 0.318. The molecule has 1 aliphatic rings. The first-order valence-electron chi connectivity index (χ1n) is 9.64. The van der Waals surface area contributed by atoms with E-state index in [0.717, 1.165) is 0 Å². The predicted molar refractivity (Wildman–Crippen MR) is 111 cm³/mol. The molecule has 0 unspecified atom stereocenters. The number of rotatable bonds is 8. The quantitative estimate of drug-likeness (QED) is 0.670. The molecule has 2 amide bonds. The first-order valence-corrected chi connectivity index (χ1v) is 9.64. The minimum atomic E-state index is -0.623. The fourth-order valence-electron chi connectivity index (χ4n) is 3.15. The lowest BCUT2D eigenvalue weighted by molar-refractivity contribution is -0.151. The molecule has 1 saturated heterocycles. The molecule has 30 heavy (non-hydrogen) atoms. The van der Waals surface area contributed by atoms with Crippen LogP contribution in [0.5, 0.6) is 11.5 Å². The monoisotopic (exact) mass is 412 g/mol. The normalized spacial score (nSPS) is 15.6. The number of carbonyl (C=O) groups excluding carboxylic acids is 3. The van der Waals surface area contributed by atoms with E-state index in [1.165, 1.54) is 4.90 Å². The van der Waals surface area contributed by atoms with E-state index in [1.54, 1.807) is 55.6 Å². The second-order valence-electron chi connectivity index (χ2n) is 6.72. The van der Waals surface area contributed by atoms with Crippen LogP contribution >= 0.6 is 0 Å². The van der Waals surface area contributed by atoms with E-state index >= 15 is 0 Å². The van der Waals surface area contributed by atoms with Crippen LogP contribution in [-0.4, -0.2) is 44.7 Å². The van der Waals surface area contributed by atoms with Gasteiger partial charge in [-0.25, -0.2) is 0 Å². The Hall–Kier alpha value is -3.55. The molecule has 8 heteroatoms. The van der Waals surface area contributed by atoms with E-state index in [1.807, 2.05) is 6.92 Å². The molecule has 1 aliphatic heterocycles. The number of esters is 1. The molecule has 158 valence electrons. The summed E-state index contributed by atoms with van der Waals surface area (Å²) in [5, 5.41) is 2.65. The van der Waals surface area contributed by atoms with Gasteiger partial charge in [0.1, 0.15) is 11.5 Å². The lowest BCUT2D eigenvalue weighted by atomic mass is 10.1. The highest BCUT2D eigenvalue weighted by Gasteiger charge is 2.36. The highest BCUT2D eigenvalue weighted by Crippen LogP contribution is 2.28. The van der Waals surface area contributed by atoms with Crippen molar-refractivity contribution < 1.29 is 28.6 Å².